The fourth-order valence-electron chi connectivity index (χ4n) is 10.9. The number of hydrogen-bond acceptors (Lipinski definition) is 0. The van der Waals surface area contributed by atoms with Gasteiger partial charge in [0, 0.05) is 38.3 Å². The third-order valence-corrected chi connectivity index (χ3v) is 14.9. The Morgan fingerprint density at radius 2 is 0.907 bits per heavy atom. The highest BCUT2D eigenvalue weighted by molar-refractivity contribution is 6.11. The molecule has 0 unspecified atom stereocenters. The minimum absolute atomic E-state index is 0.152. The zero-order valence-corrected chi connectivity index (χ0v) is 45.4. The number of aryl methyl sites for hydroxylation is 2. The standard InChI is InChI=1S/C25H23N.C25H19N.C16H16.C4H8.C3H6/c1-18-10-12-19(13-11-18)20-14-16-21(17-15-20)26-24-8-4-2-6-22(24)23-7-3-5-9-25(23)26;1-18-11-13-19(14-12-18)20-15-16-25-23(17-20)22-9-5-6-10-24(22)26(25)21-7-3-2-4-8-21;1-11-8-9-15-13(10-11)12-6-4-5-7-14(12)16(15,2)3;1-3-4-2;1-3-2/h2-10,12,14,16H,11,13,15,17H2,1H3;2-17H,1H3;4-10H,1-3H3;3-4H,1-2H3;3H,1H2,2H3/b;;;4-3-;. The summed E-state index contributed by atoms with van der Waals surface area (Å²) < 4.78 is 4.81. The molecular weight excluding hydrogens is 905 g/mol. The molecule has 0 amide bonds. The first-order valence-corrected chi connectivity index (χ1v) is 26.8. The topological polar surface area (TPSA) is 9.86 Å². The van der Waals surface area contributed by atoms with Crippen LogP contribution in [0.25, 0.3) is 77.2 Å². The molecule has 2 aromatic heterocycles. The van der Waals surface area contributed by atoms with Gasteiger partial charge in [0.25, 0.3) is 0 Å². The molecule has 13 rings (SSSR count). The van der Waals surface area contributed by atoms with Crippen LogP contribution >= 0.6 is 0 Å². The minimum atomic E-state index is 0.152. The lowest BCUT2D eigenvalue weighted by Crippen LogP contribution is -2.14. The van der Waals surface area contributed by atoms with Crippen molar-refractivity contribution in [3.05, 3.63) is 276 Å². The first-order valence-electron chi connectivity index (χ1n) is 26.8. The quantitative estimate of drug-likeness (QED) is 0.156. The minimum Gasteiger partial charge on any atom is -0.313 e. The van der Waals surface area contributed by atoms with E-state index >= 15 is 0 Å². The first-order chi connectivity index (χ1) is 36.6. The average Bonchev–Trinajstić information content (AvgIpc) is 4.06. The lowest BCUT2D eigenvalue weighted by molar-refractivity contribution is 0.660. The zero-order chi connectivity index (χ0) is 52.5. The van der Waals surface area contributed by atoms with Gasteiger partial charge in [-0.15, -0.1) is 6.58 Å². The summed E-state index contributed by atoms with van der Waals surface area (Å²) in [6.07, 6.45) is 19.7. The molecule has 0 fully saturated rings. The summed E-state index contributed by atoms with van der Waals surface area (Å²) in [4.78, 5) is 0. The van der Waals surface area contributed by atoms with Crippen molar-refractivity contribution in [1.29, 1.82) is 0 Å². The van der Waals surface area contributed by atoms with Gasteiger partial charge in [0.15, 0.2) is 0 Å². The van der Waals surface area contributed by atoms with Crippen LogP contribution in [0, 0.1) is 13.8 Å². The third-order valence-electron chi connectivity index (χ3n) is 14.9. The van der Waals surface area contributed by atoms with Crippen molar-refractivity contribution in [3.8, 4) is 27.9 Å². The lowest BCUT2D eigenvalue weighted by atomic mass is 9.82. The van der Waals surface area contributed by atoms with Crippen molar-refractivity contribution in [1.82, 2.24) is 9.13 Å². The zero-order valence-electron chi connectivity index (χ0n) is 45.4. The van der Waals surface area contributed by atoms with Gasteiger partial charge in [-0.2, -0.15) is 0 Å². The Morgan fingerprint density at radius 1 is 0.413 bits per heavy atom. The molecule has 0 atom stereocenters. The van der Waals surface area contributed by atoms with Crippen LogP contribution < -0.4 is 0 Å². The largest absolute Gasteiger partial charge is 0.313 e. The molecule has 3 aliphatic carbocycles. The number of rotatable bonds is 4. The van der Waals surface area contributed by atoms with Gasteiger partial charge in [0.1, 0.15) is 0 Å². The molecule has 2 nitrogen and oxygen atoms in total. The van der Waals surface area contributed by atoms with Gasteiger partial charge in [0.05, 0.1) is 22.1 Å². The van der Waals surface area contributed by atoms with Gasteiger partial charge in [-0.05, 0) is 160 Å². The number of hydrogen-bond donors (Lipinski definition) is 0. The Hall–Kier alpha value is -8.20. The van der Waals surface area contributed by atoms with Crippen LogP contribution in [0.5, 0.6) is 0 Å². The third kappa shape index (κ3) is 10.9. The van der Waals surface area contributed by atoms with E-state index in [0.29, 0.717) is 0 Å². The van der Waals surface area contributed by atoms with Gasteiger partial charge in [-0.3, -0.25) is 0 Å². The Morgan fingerprint density at radius 3 is 1.49 bits per heavy atom. The highest BCUT2D eigenvalue weighted by Crippen LogP contribution is 2.48. The predicted molar refractivity (Wildman–Crippen MR) is 328 cm³/mol. The molecular formula is C73H72N2. The van der Waals surface area contributed by atoms with Crippen molar-refractivity contribution in [2.45, 2.75) is 86.5 Å². The Labute approximate surface area is 446 Å². The fourth-order valence-corrected chi connectivity index (χ4v) is 10.9. The molecule has 0 saturated carbocycles. The van der Waals surface area contributed by atoms with Gasteiger partial charge in [-0.1, -0.05) is 213 Å². The molecule has 0 radical (unpaired) electrons. The van der Waals surface area contributed by atoms with Crippen LogP contribution in [0.4, 0.5) is 0 Å². The maximum absolute atomic E-state index is 3.36. The monoisotopic (exact) mass is 977 g/mol. The second kappa shape index (κ2) is 23.3. The highest BCUT2D eigenvalue weighted by Gasteiger charge is 2.34. The maximum atomic E-state index is 3.36. The van der Waals surface area contributed by atoms with Gasteiger partial charge in [0.2, 0.25) is 0 Å². The molecule has 8 aromatic carbocycles. The first kappa shape index (κ1) is 51.7. The molecule has 2 heterocycles. The molecule has 0 saturated heterocycles. The Balaban J connectivity index is 0.000000133. The van der Waals surface area contributed by atoms with Crippen LogP contribution in [-0.2, 0) is 5.41 Å². The summed E-state index contributed by atoms with van der Waals surface area (Å²) in [5, 5.41) is 5.27. The number of allylic oxidation sites excluding steroid dienone is 11. The van der Waals surface area contributed by atoms with Crippen molar-refractivity contribution < 1.29 is 0 Å². The molecule has 3 aliphatic rings. The highest BCUT2D eigenvalue weighted by atomic mass is 15.0. The average molecular weight is 977 g/mol. The number of nitrogens with zero attached hydrogens (tertiary/aromatic N) is 2. The Bertz CT molecular complexity index is 3740. The number of aromatic nitrogens is 2. The number of benzene rings is 8. The molecule has 0 bridgehead atoms. The van der Waals surface area contributed by atoms with Gasteiger partial charge >= 0.3 is 0 Å². The van der Waals surface area contributed by atoms with E-state index in [9.17, 15) is 0 Å². The normalized spacial score (nSPS) is 14.1. The summed E-state index contributed by atoms with van der Waals surface area (Å²) in [5.74, 6) is 0. The van der Waals surface area contributed by atoms with Crippen LogP contribution in [-0.4, -0.2) is 9.13 Å². The smallest absolute Gasteiger partial charge is 0.0541 e. The molecule has 2 heteroatoms. The van der Waals surface area contributed by atoms with E-state index in [2.05, 4.69) is 263 Å². The second-order valence-corrected chi connectivity index (χ2v) is 20.5. The van der Waals surface area contributed by atoms with E-state index in [1.165, 1.54) is 129 Å². The van der Waals surface area contributed by atoms with E-state index in [-0.39, 0.29) is 5.41 Å². The maximum Gasteiger partial charge on any atom is 0.0541 e. The van der Waals surface area contributed by atoms with Crippen molar-refractivity contribution in [2.24, 2.45) is 0 Å². The molecule has 0 spiro atoms. The number of para-hydroxylation sites is 4. The van der Waals surface area contributed by atoms with E-state index in [1.54, 1.807) is 6.08 Å². The summed E-state index contributed by atoms with van der Waals surface area (Å²) in [6, 6.07) is 67.9. The summed E-state index contributed by atoms with van der Waals surface area (Å²) in [5.41, 5.74) is 23.3. The second-order valence-electron chi connectivity index (χ2n) is 20.5. The van der Waals surface area contributed by atoms with E-state index in [4.69, 9.17) is 0 Å². The predicted octanol–water partition coefficient (Wildman–Crippen LogP) is 20.9. The molecule has 10 aromatic rings. The molecule has 0 N–H and O–H groups in total. The molecule has 374 valence electrons. The Kier molecular flexibility index (Phi) is 16.1. The van der Waals surface area contributed by atoms with E-state index in [0.717, 1.165) is 12.8 Å². The van der Waals surface area contributed by atoms with E-state index in [1.807, 2.05) is 32.9 Å². The molecule has 0 aliphatic heterocycles. The summed E-state index contributed by atoms with van der Waals surface area (Å²) in [7, 11) is 0. The lowest BCUT2D eigenvalue weighted by Gasteiger charge is -2.21. The van der Waals surface area contributed by atoms with Gasteiger partial charge in [-0.25, -0.2) is 0 Å². The van der Waals surface area contributed by atoms with Crippen LogP contribution in [0.15, 0.2) is 254 Å². The summed E-state index contributed by atoms with van der Waals surface area (Å²) >= 11 is 0. The van der Waals surface area contributed by atoms with E-state index < -0.39 is 0 Å². The van der Waals surface area contributed by atoms with Gasteiger partial charge < -0.3 is 9.13 Å². The molecule has 75 heavy (non-hydrogen) atoms. The SMILES string of the molecule is C/C=C\C.C=CC.CC1=CC=C(C2=CC=C(n3c4ccccc4c4ccccc43)CC2)CC1.Cc1ccc(-c2ccc3c(c2)c2ccccc2n3-c2ccccc2)cc1.Cc1ccc2c(c1)-c1ccccc1C2(C)C. The van der Waals surface area contributed by atoms with Crippen molar-refractivity contribution >= 4 is 49.3 Å². The van der Waals surface area contributed by atoms with Crippen LogP contribution in [0.1, 0.15) is 89.5 Å². The van der Waals surface area contributed by atoms with Crippen LogP contribution in [0.2, 0.25) is 0 Å². The van der Waals surface area contributed by atoms with Crippen molar-refractivity contribution in [2.75, 3.05) is 0 Å². The van der Waals surface area contributed by atoms with Crippen LogP contribution in [0.3, 0.4) is 0 Å². The fraction of sp³-hybridized carbons (Fsp3) is 0.178. The van der Waals surface area contributed by atoms with Crippen molar-refractivity contribution in [3.63, 3.8) is 0 Å². The summed E-state index contributed by atoms with van der Waals surface area (Å²) in [6.45, 7) is 20.4. The number of fused-ring (bicyclic) bond motifs is 9.